The van der Waals surface area contributed by atoms with Crippen molar-refractivity contribution in [3.05, 3.63) is 83.2 Å². The first-order valence-corrected chi connectivity index (χ1v) is 11.9. The first kappa shape index (κ1) is 28.2. The zero-order valence-electron chi connectivity index (χ0n) is 22.4. The van der Waals surface area contributed by atoms with Gasteiger partial charge in [0.2, 0.25) is 0 Å². The molecule has 0 saturated heterocycles. The predicted molar refractivity (Wildman–Crippen MR) is 142 cm³/mol. The number of rotatable bonds is 9. The number of nitrogens with one attached hydrogen (secondary N) is 1. The fourth-order valence-electron chi connectivity index (χ4n) is 3.83. The summed E-state index contributed by atoms with van der Waals surface area (Å²) in [4.78, 5) is 43.1. The van der Waals surface area contributed by atoms with Crippen molar-refractivity contribution in [3.8, 4) is 11.5 Å². The molecule has 0 saturated carbocycles. The summed E-state index contributed by atoms with van der Waals surface area (Å²) in [7, 11) is 4.31. The smallest absolute Gasteiger partial charge is 0.412 e. The molecule has 3 aromatic rings. The monoisotopic (exact) mass is 520 g/mol. The summed E-state index contributed by atoms with van der Waals surface area (Å²) in [5.41, 5.74) is 1.18. The van der Waals surface area contributed by atoms with E-state index >= 15 is 0 Å². The first-order valence-electron chi connectivity index (χ1n) is 11.9. The Labute approximate surface area is 222 Å². The average molecular weight is 521 g/mol. The maximum Gasteiger partial charge on any atom is 0.412 e. The lowest BCUT2D eigenvalue weighted by Crippen LogP contribution is -2.28. The summed E-state index contributed by atoms with van der Waals surface area (Å²) in [5, 5.41) is 2.76. The van der Waals surface area contributed by atoms with E-state index in [0.717, 1.165) is 0 Å². The molecule has 9 heteroatoms. The van der Waals surface area contributed by atoms with Crippen LogP contribution in [0.15, 0.2) is 60.7 Å². The van der Waals surface area contributed by atoms with Gasteiger partial charge in [0, 0.05) is 23.7 Å². The van der Waals surface area contributed by atoms with Crippen LogP contribution < -0.4 is 14.8 Å². The molecule has 0 aliphatic rings. The van der Waals surface area contributed by atoms with Crippen molar-refractivity contribution in [2.45, 2.75) is 38.7 Å². The quantitative estimate of drug-likeness (QED) is 0.293. The summed E-state index contributed by atoms with van der Waals surface area (Å²) in [5.74, 6) is -0.593. The minimum atomic E-state index is -0.793. The van der Waals surface area contributed by atoms with Crippen molar-refractivity contribution >= 4 is 23.5 Å². The highest BCUT2D eigenvalue weighted by molar-refractivity contribution is 6.03. The number of pyridine rings is 1. The van der Waals surface area contributed by atoms with E-state index < -0.39 is 23.6 Å². The fourth-order valence-corrected chi connectivity index (χ4v) is 3.83. The largest absolute Gasteiger partial charge is 0.497 e. The molecule has 1 heterocycles. The molecule has 1 aromatic heterocycles. The van der Waals surface area contributed by atoms with Gasteiger partial charge < -0.3 is 18.9 Å². The number of hydrogen-bond acceptors (Lipinski definition) is 8. The summed E-state index contributed by atoms with van der Waals surface area (Å²) in [6.07, 6.45) is -0.540. The number of ether oxygens (including phenoxy) is 4. The Kier molecular flexibility index (Phi) is 9.07. The van der Waals surface area contributed by atoms with E-state index in [2.05, 4.69) is 10.3 Å². The van der Waals surface area contributed by atoms with Crippen molar-refractivity contribution in [2.75, 3.05) is 26.6 Å². The number of hydrogen-bond donors (Lipinski definition) is 1. The summed E-state index contributed by atoms with van der Waals surface area (Å²) in [6.45, 7) is 5.27. The van der Waals surface area contributed by atoms with E-state index in [1.165, 1.54) is 27.4 Å². The molecule has 0 fully saturated rings. The van der Waals surface area contributed by atoms with Gasteiger partial charge in [0.15, 0.2) is 5.78 Å². The van der Waals surface area contributed by atoms with Crippen LogP contribution in [0.3, 0.4) is 0 Å². The van der Waals surface area contributed by atoms with Crippen LogP contribution in [0.2, 0.25) is 0 Å². The molecule has 2 aromatic carbocycles. The molecule has 0 bridgehead atoms. The van der Waals surface area contributed by atoms with Gasteiger partial charge in [-0.25, -0.2) is 14.6 Å². The van der Waals surface area contributed by atoms with Crippen LogP contribution in [-0.2, 0) is 15.9 Å². The predicted octanol–water partition coefficient (Wildman–Crippen LogP) is 5.44. The Balaban J connectivity index is 2.11. The number of amides is 1. The van der Waals surface area contributed by atoms with E-state index in [1.807, 2.05) is 0 Å². The molecule has 9 nitrogen and oxygen atoms in total. The molecule has 0 radical (unpaired) electrons. The van der Waals surface area contributed by atoms with Gasteiger partial charge in [-0.15, -0.1) is 0 Å². The molecule has 0 aliphatic carbocycles. The van der Waals surface area contributed by atoms with Crippen LogP contribution in [0, 0.1) is 0 Å². The second-order valence-corrected chi connectivity index (χ2v) is 9.44. The van der Waals surface area contributed by atoms with E-state index in [1.54, 1.807) is 75.4 Å². The third kappa shape index (κ3) is 7.32. The molecule has 1 unspecified atom stereocenters. The normalized spacial score (nSPS) is 11.7. The van der Waals surface area contributed by atoms with Crippen molar-refractivity contribution in [1.29, 1.82) is 0 Å². The number of ketones is 1. The molecule has 0 spiro atoms. The lowest BCUT2D eigenvalue weighted by atomic mass is 9.85. The van der Waals surface area contributed by atoms with Crippen molar-refractivity contribution in [1.82, 2.24) is 4.98 Å². The SMILES string of the molecule is COC(=O)c1cccc(CC(C(=O)c2cccc(OC)c2)c2ccc(OC)cc2NC(=O)OC(C)(C)C)n1. The summed E-state index contributed by atoms with van der Waals surface area (Å²) >= 11 is 0. The number of methoxy groups -OCH3 is 3. The highest BCUT2D eigenvalue weighted by atomic mass is 16.6. The van der Waals surface area contributed by atoms with E-state index in [0.29, 0.717) is 34.0 Å². The fraction of sp³-hybridized carbons (Fsp3) is 0.310. The molecule has 38 heavy (non-hydrogen) atoms. The zero-order valence-corrected chi connectivity index (χ0v) is 22.4. The molecule has 1 N–H and O–H groups in total. The zero-order chi connectivity index (χ0) is 27.9. The van der Waals surface area contributed by atoms with Crippen molar-refractivity contribution in [3.63, 3.8) is 0 Å². The lowest BCUT2D eigenvalue weighted by Gasteiger charge is -2.23. The molecule has 1 atom stereocenters. The Bertz CT molecular complexity index is 1310. The topological polar surface area (TPSA) is 113 Å². The third-order valence-corrected chi connectivity index (χ3v) is 5.56. The average Bonchev–Trinajstić information content (AvgIpc) is 2.90. The van der Waals surface area contributed by atoms with Crippen LogP contribution >= 0.6 is 0 Å². The number of carbonyl (C=O) groups is 3. The van der Waals surface area contributed by atoms with Gasteiger partial charge in [-0.1, -0.05) is 24.3 Å². The van der Waals surface area contributed by atoms with Gasteiger partial charge in [-0.05, 0) is 56.7 Å². The number of esters is 1. The number of benzene rings is 2. The standard InChI is InChI=1S/C29H32N2O7/c1-29(2,3)38-28(34)31-25-17-21(36-5)13-14-22(25)23(26(32)18-9-7-11-20(15-18)35-4)16-19-10-8-12-24(30-19)27(33)37-6/h7-15,17,23H,16H2,1-6H3,(H,31,34). The van der Waals surface area contributed by atoms with Gasteiger partial charge in [0.05, 0.1) is 32.9 Å². The Hall–Kier alpha value is -4.40. The number of carbonyl (C=O) groups excluding carboxylic acids is 3. The molecular formula is C29H32N2O7. The van der Waals surface area contributed by atoms with E-state index in [-0.39, 0.29) is 17.9 Å². The molecular weight excluding hydrogens is 488 g/mol. The molecule has 1 amide bonds. The van der Waals surface area contributed by atoms with Gasteiger partial charge in [-0.2, -0.15) is 0 Å². The Morgan fingerprint density at radius 2 is 1.58 bits per heavy atom. The van der Waals surface area contributed by atoms with Gasteiger partial charge >= 0.3 is 12.1 Å². The number of Topliss-reactive ketones (excluding diaryl/α,β-unsaturated/α-hetero) is 1. The van der Waals surface area contributed by atoms with Crippen LogP contribution in [0.25, 0.3) is 0 Å². The van der Waals surface area contributed by atoms with Crippen LogP contribution in [0.1, 0.15) is 58.8 Å². The second kappa shape index (κ2) is 12.2. The van der Waals surface area contributed by atoms with Crippen molar-refractivity contribution in [2.24, 2.45) is 0 Å². The van der Waals surface area contributed by atoms with Gasteiger partial charge in [0.1, 0.15) is 22.8 Å². The number of aromatic nitrogens is 1. The minimum Gasteiger partial charge on any atom is -0.497 e. The highest BCUT2D eigenvalue weighted by Crippen LogP contribution is 2.34. The van der Waals surface area contributed by atoms with Gasteiger partial charge in [-0.3, -0.25) is 10.1 Å². The maximum absolute atomic E-state index is 14.0. The number of anilines is 1. The minimum absolute atomic E-state index is 0.124. The summed E-state index contributed by atoms with van der Waals surface area (Å²) in [6, 6.07) is 16.8. The van der Waals surface area contributed by atoms with E-state index in [9.17, 15) is 14.4 Å². The molecule has 200 valence electrons. The lowest BCUT2D eigenvalue weighted by molar-refractivity contribution is 0.0591. The Morgan fingerprint density at radius 1 is 0.895 bits per heavy atom. The van der Waals surface area contributed by atoms with E-state index in [4.69, 9.17) is 18.9 Å². The first-order chi connectivity index (χ1) is 18.0. The maximum atomic E-state index is 14.0. The molecule has 3 rings (SSSR count). The third-order valence-electron chi connectivity index (χ3n) is 5.56. The second-order valence-electron chi connectivity index (χ2n) is 9.44. The number of nitrogens with zero attached hydrogens (tertiary/aromatic N) is 1. The van der Waals surface area contributed by atoms with Crippen molar-refractivity contribution < 1.29 is 33.3 Å². The van der Waals surface area contributed by atoms with Crippen LogP contribution in [0.4, 0.5) is 10.5 Å². The van der Waals surface area contributed by atoms with Crippen LogP contribution in [0.5, 0.6) is 11.5 Å². The summed E-state index contributed by atoms with van der Waals surface area (Å²) < 4.78 is 20.9. The van der Waals surface area contributed by atoms with Crippen LogP contribution in [-0.4, -0.2) is 49.8 Å². The Morgan fingerprint density at radius 3 is 2.24 bits per heavy atom. The molecule has 0 aliphatic heterocycles. The highest BCUT2D eigenvalue weighted by Gasteiger charge is 2.28. The van der Waals surface area contributed by atoms with Gasteiger partial charge in [0.25, 0.3) is 0 Å².